The molecule has 0 bridgehead atoms. The lowest BCUT2D eigenvalue weighted by molar-refractivity contribution is 0.0668. The van der Waals surface area contributed by atoms with E-state index in [1.165, 1.54) is 37.8 Å². The molecule has 1 aromatic rings. The van der Waals surface area contributed by atoms with Gasteiger partial charge in [-0.3, -0.25) is 4.68 Å². The number of aliphatic hydroxyl groups excluding tert-OH is 1. The summed E-state index contributed by atoms with van der Waals surface area (Å²) < 4.78 is 3.15. The molecule has 1 heterocycles. The van der Waals surface area contributed by atoms with Crippen LogP contribution in [0.25, 0.3) is 0 Å². The highest BCUT2D eigenvalue weighted by molar-refractivity contribution is 9.10. The van der Waals surface area contributed by atoms with E-state index in [9.17, 15) is 5.11 Å². The van der Waals surface area contributed by atoms with Crippen molar-refractivity contribution >= 4 is 15.9 Å². The molecule has 2 rings (SSSR count). The molecule has 3 unspecified atom stereocenters. The number of hydrogen-bond acceptors (Lipinski definition) is 2. The topological polar surface area (TPSA) is 38.0 Å². The molecule has 1 fully saturated rings. The number of hydrogen-bond donors (Lipinski definition) is 1. The van der Waals surface area contributed by atoms with Gasteiger partial charge in [0.1, 0.15) is 0 Å². The van der Waals surface area contributed by atoms with Crippen molar-refractivity contribution in [3.8, 4) is 0 Å². The van der Waals surface area contributed by atoms with Crippen LogP contribution >= 0.6 is 15.9 Å². The van der Waals surface area contributed by atoms with E-state index >= 15 is 0 Å². The van der Waals surface area contributed by atoms with Crippen molar-refractivity contribution in [2.45, 2.75) is 78.4 Å². The summed E-state index contributed by atoms with van der Waals surface area (Å²) in [5.74, 6) is 1.27. The number of halogens is 1. The van der Waals surface area contributed by atoms with Crippen LogP contribution in [0.5, 0.6) is 0 Å². The predicted octanol–water partition coefficient (Wildman–Crippen LogP) is 4.35. The lowest BCUT2D eigenvalue weighted by Crippen LogP contribution is -2.29. The normalized spacial score (nSPS) is 24.2. The second kappa shape index (κ2) is 7.77. The van der Waals surface area contributed by atoms with E-state index in [4.69, 9.17) is 0 Å². The van der Waals surface area contributed by atoms with Gasteiger partial charge in [0.25, 0.3) is 0 Å². The average Bonchev–Trinajstić information content (AvgIpc) is 2.83. The molecule has 1 aliphatic carbocycles. The summed E-state index contributed by atoms with van der Waals surface area (Å²) in [6, 6.07) is 0. The van der Waals surface area contributed by atoms with Crippen LogP contribution in [0.3, 0.4) is 0 Å². The summed E-state index contributed by atoms with van der Waals surface area (Å²) in [4.78, 5) is 0. The van der Waals surface area contributed by atoms with Gasteiger partial charge in [-0.25, -0.2) is 0 Å². The summed E-state index contributed by atoms with van der Waals surface area (Å²) in [6.45, 7) is 7.38. The van der Waals surface area contributed by atoms with Crippen LogP contribution in [0.1, 0.15) is 64.3 Å². The maximum absolute atomic E-state index is 10.7. The molecule has 0 aliphatic heterocycles. The molecule has 1 N–H and O–H groups in total. The molecule has 1 saturated carbocycles. The molecule has 4 heteroatoms. The van der Waals surface area contributed by atoms with E-state index in [1.54, 1.807) is 0 Å². The van der Waals surface area contributed by atoms with Gasteiger partial charge in [0.2, 0.25) is 0 Å². The van der Waals surface area contributed by atoms with Crippen LogP contribution in [-0.4, -0.2) is 21.0 Å². The Kier molecular flexibility index (Phi) is 6.30. The van der Waals surface area contributed by atoms with Gasteiger partial charge in [-0.1, -0.05) is 33.1 Å². The van der Waals surface area contributed by atoms with E-state index in [-0.39, 0.29) is 6.10 Å². The summed E-state index contributed by atoms with van der Waals surface area (Å²) in [6.07, 6.45) is 7.65. The zero-order valence-corrected chi connectivity index (χ0v) is 15.2. The SMILES string of the molecule is CCc1nn(CC)c(CC(O)C2CCCC(CC)C2)c1Br. The smallest absolute Gasteiger partial charge is 0.0766 e. The number of aromatic nitrogens is 2. The molecular weight excluding hydrogens is 328 g/mol. The first-order valence-corrected chi connectivity index (χ1v) is 9.31. The Bertz CT molecular complexity index is 458. The minimum absolute atomic E-state index is 0.234. The molecule has 0 amide bonds. The number of aryl methyl sites for hydroxylation is 2. The van der Waals surface area contributed by atoms with Crippen molar-refractivity contribution in [1.82, 2.24) is 9.78 Å². The van der Waals surface area contributed by atoms with E-state index in [0.29, 0.717) is 5.92 Å². The van der Waals surface area contributed by atoms with Crippen molar-refractivity contribution in [2.75, 3.05) is 0 Å². The lowest BCUT2D eigenvalue weighted by Gasteiger charge is -2.31. The number of rotatable bonds is 6. The Labute approximate surface area is 137 Å². The molecule has 3 nitrogen and oxygen atoms in total. The zero-order chi connectivity index (χ0) is 15.4. The molecular formula is C17H29BrN2O. The van der Waals surface area contributed by atoms with Gasteiger partial charge in [-0.2, -0.15) is 5.10 Å². The Hall–Kier alpha value is -0.350. The predicted molar refractivity (Wildman–Crippen MR) is 90.4 cm³/mol. The maximum Gasteiger partial charge on any atom is 0.0766 e. The van der Waals surface area contributed by atoms with Crippen LogP contribution in [0.15, 0.2) is 4.47 Å². The van der Waals surface area contributed by atoms with Gasteiger partial charge < -0.3 is 5.11 Å². The Morgan fingerprint density at radius 2 is 2.10 bits per heavy atom. The summed E-state index contributed by atoms with van der Waals surface area (Å²) in [5, 5.41) is 15.3. The summed E-state index contributed by atoms with van der Waals surface area (Å²) in [5.41, 5.74) is 2.27. The van der Waals surface area contributed by atoms with Crippen molar-refractivity contribution in [3.63, 3.8) is 0 Å². The highest BCUT2D eigenvalue weighted by Crippen LogP contribution is 2.34. The van der Waals surface area contributed by atoms with E-state index in [0.717, 1.165) is 35.5 Å². The van der Waals surface area contributed by atoms with E-state index < -0.39 is 0 Å². The van der Waals surface area contributed by atoms with Gasteiger partial charge in [0.15, 0.2) is 0 Å². The van der Waals surface area contributed by atoms with Crippen molar-refractivity contribution in [3.05, 3.63) is 15.9 Å². The van der Waals surface area contributed by atoms with E-state index in [1.807, 2.05) is 4.68 Å². The molecule has 1 aromatic heterocycles. The fourth-order valence-corrected chi connectivity index (χ4v) is 4.36. The third-order valence-electron chi connectivity index (χ3n) is 5.04. The molecule has 0 spiro atoms. The first kappa shape index (κ1) is 17.0. The first-order valence-electron chi connectivity index (χ1n) is 8.52. The Morgan fingerprint density at radius 1 is 1.33 bits per heavy atom. The van der Waals surface area contributed by atoms with Crippen molar-refractivity contribution in [1.29, 1.82) is 0 Å². The van der Waals surface area contributed by atoms with Crippen LogP contribution in [0, 0.1) is 11.8 Å². The molecule has 1 aliphatic rings. The van der Waals surface area contributed by atoms with Gasteiger partial charge in [-0.15, -0.1) is 0 Å². The maximum atomic E-state index is 10.7. The van der Waals surface area contributed by atoms with Gasteiger partial charge in [-0.05, 0) is 54.0 Å². The van der Waals surface area contributed by atoms with Crippen LogP contribution in [0.2, 0.25) is 0 Å². The number of nitrogens with zero attached hydrogens (tertiary/aromatic N) is 2. The third kappa shape index (κ3) is 3.89. The van der Waals surface area contributed by atoms with E-state index in [2.05, 4.69) is 41.8 Å². The first-order chi connectivity index (χ1) is 10.1. The largest absolute Gasteiger partial charge is 0.392 e. The van der Waals surface area contributed by atoms with Crippen molar-refractivity contribution < 1.29 is 5.11 Å². The third-order valence-corrected chi connectivity index (χ3v) is 5.96. The monoisotopic (exact) mass is 356 g/mol. The Morgan fingerprint density at radius 3 is 2.71 bits per heavy atom. The number of aliphatic hydroxyl groups is 1. The van der Waals surface area contributed by atoms with Gasteiger partial charge in [0, 0.05) is 13.0 Å². The second-order valence-corrected chi connectivity index (χ2v) is 7.14. The highest BCUT2D eigenvalue weighted by Gasteiger charge is 2.28. The molecule has 21 heavy (non-hydrogen) atoms. The molecule has 0 aromatic carbocycles. The summed E-state index contributed by atoms with van der Waals surface area (Å²) in [7, 11) is 0. The molecule has 3 atom stereocenters. The van der Waals surface area contributed by atoms with Crippen LogP contribution in [-0.2, 0) is 19.4 Å². The van der Waals surface area contributed by atoms with Crippen LogP contribution < -0.4 is 0 Å². The fourth-order valence-electron chi connectivity index (χ4n) is 3.63. The lowest BCUT2D eigenvalue weighted by atomic mass is 9.77. The second-order valence-electron chi connectivity index (χ2n) is 6.35. The average molecular weight is 357 g/mol. The van der Waals surface area contributed by atoms with Gasteiger partial charge in [0.05, 0.1) is 22.0 Å². The molecule has 0 radical (unpaired) electrons. The molecule has 0 saturated heterocycles. The van der Waals surface area contributed by atoms with Crippen LogP contribution in [0.4, 0.5) is 0 Å². The minimum Gasteiger partial charge on any atom is -0.392 e. The minimum atomic E-state index is -0.234. The van der Waals surface area contributed by atoms with Crippen molar-refractivity contribution in [2.24, 2.45) is 11.8 Å². The quantitative estimate of drug-likeness (QED) is 0.822. The fraction of sp³-hybridized carbons (Fsp3) is 0.824. The van der Waals surface area contributed by atoms with Gasteiger partial charge >= 0.3 is 0 Å². The molecule has 120 valence electrons. The Balaban J connectivity index is 2.08. The summed E-state index contributed by atoms with van der Waals surface area (Å²) >= 11 is 3.69. The zero-order valence-electron chi connectivity index (χ0n) is 13.6. The highest BCUT2D eigenvalue weighted by atomic mass is 79.9. The standard InChI is InChI=1S/C17H29BrN2O/c1-4-12-8-7-9-13(10-12)16(21)11-15-17(18)14(5-2)19-20(15)6-3/h12-13,16,21H,4-11H2,1-3H3.